The predicted octanol–water partition coefficient (Wildman–Crippen LogP) is 3.16. The Bertz CT molecular complexity index is 776. The molecule has 2 amide bonds. The number of carbonyl (C=O) groups excluding carboxylic acids is 2. The molecule has 1 atom stereocenters. The highest BCUT2D eigenvalue weighted by molar-refractivity contribution is 5.91. The summed E-state index contributed by atoms with van der Waals surface area (Å²) in [6, 6.07) is 8.11. The third-order valence-electron chi connectivity index (χ3n) is 4.86. The lowest BCUT2D eigenvalue weighted by molar-refractivity contribution is -0.131. The Morgan fingerprint density at radius 3 is 2.62 bits per heavy atom. The summed E-state index contributed by atoms with van der Waals surface area (Å²) < 4.78 is 5.52. The largest absolute Gasteiger partial charge is 0.444 e. The van der Waals surface area contributed by atoms with Crippen molar-refractivity contribution in [3.8, 4) is 12.3 Å². The number of terminal acetylenes is 1. The van der Waals surface area contributed by atoms with Gasteiger partial charge in [-0.3, -0.25) is 9.69 Å². The second kappa shape index (κ2) is 9.32. The van der Waals surface area contributed by atoms with Gasteiger partial charge in [-0.2, -0.15) is 0 Å². The summed E-state index contributed by atoms with van der Waals surface area (Å²) in [5, 5.41) is 3.00. The van der Waals surface area contributed by atoms with E-state index in [1.807, 2.05) is 47.0 Å². The molecule has 0 spiro atoms. The minimum absolute atomic E-state index is 0.165. The van der Waals surface area contributed by atoms with Crippen molar-refractivity contribution in [3.63, 3.8) is 0 Å². The van der Waals surface area contributed by atoms with Crippen LogP contribution in [0.1, 0.15) is 51.2 Å². The first-order valence-electron chi connectivity index (χ1n) is 10.0. The zero-order valence-corrected chi connectivity index (χ0v) is 18.2. The SMILES string of the molecule is C#CC[C@]1(C(=O)NCc2cccc(CN(C)C)c2)CCCN1C(=O)OC(C)(C)C. The number of ether oxygens (including phenoxy) is 1. The maximum atomic E-state index is 13.2. The molecule has 1 N–H and O–H groups in total. The maximum absolute atomic E-state index is 13.2. The Kier molecular flexibility index (Phi) is 7.32. The standard InChI is InChI=1S/C23H33N3O3/c1-7-12-23(13-9-14-26(23)21(28)29-22(2,3)4)20(27)24-16-18-10-8-11-19(15-18)17-25(5)6/h1,8,10-11,15H,9,12-14,16-17H2,2-6H3,(H,24,27)/t23-/m1/s1. The van der Waals surface area contributed by atoms with Crippen LogP contribution in [0.2, 0.25) is 0 Å². The van der Waals surface area contributed by atoms with Gasteiger partial charge in [0.1, 0.15) is 11.1 Å². The van der Waals surface area contributed by atoms with E-state index in [-0.39, 0.29) is 12.3 Å². The van der Waals surface area contributed by atoms with Gasteiger partial charge in [-0.05, 0) is 58.8 Å². The summed E-state index contributed by atoms with van der Waals surface area (Å²) in [6.45, 7) is 7.10. The molecule has 1 aromatic carbocycles. The maximum Gasteiger partial charge on any atom is 0.411 e. The average molecular weight is 400 g/mol. The average Bonchev–Trinajstić information content (AvgIpc) is 3.03. The molecule has 0 radical (unpaired) electrons. The summed E-state index contributed by atoms with van der Waals surface area (Å²) >= 11 is 0. The third-order valence-corrected chi connectivity index (χ3v) is 4.86. The summed E-state index contributed by atoms with van der Waals surface area (Å²) in [6.07, 6.45) is 6.50. The molecule has 0 bridgehead atoms. The number of nitrogens with zero attached hydrogens (tertiary/aromatic N) is 2. The van der Waals surface area contributed by atoms with Gasteiger partial charge in [0.05, 0.1) is 0 Å². The van der Waals surface area contributed by atoms with Crippen molar-refractivity contribution in [1.82, 2.24) is 15.1 Å². The van der Waals surface area contributed by atoms with E-state index in [1.165, 1.54) is 10.5 Å². The van der Waals surface area contributed by atoms with E-state index < -0.39 is 17.2 Å². The highest BCUT2D eigenvalue weighted by Gasteiger charge is 2.50. The van der Waals surface area contributed by atoms with Crippen LogP contribution in [0.5, 0.6) is 0 Å². The Morgan fingerprint density at radius 1 is 1.31 bits per heavy atom. The summed E-state index contributed by atoms with van der Waals surface area (Å²) in [7, 11) is 4.03. The van der Waals surface area contributed by atoms with Crippen LogP contribution in [0.4, 0.5) is 4.79 Å². The first-order valence-corrected chi connectivity index (χ1v) is 10.0. The van der Waals surface area contributed by atoms with Crippen molar-refractivity contribution in [1.29, 1.82) is 0 Å². The molecule has 2 rings (SSSR count). The lowest BCUT2D eigenvalue weighted by atomic mass is 9.91. The van der Waals surface area contributed by atoms with Gasteiger partial charge >= 0.3 is 6.09 Å². The monoisotopic (exact) mass is 399 g/mol. The molecule has 1 aliphatic heterocycles. The molecular weight excluding hydrogens is 366 g/mol. The first-order chi connectivity index (χ1) is 13.6. The number of hydrogen-bond acceptors (Lipinski definition) is 4. The van der Waals surface area contributed by atoms with Crippen molar-refractivity contribution in [2.24, 2.45) is 0 Å². The van der Waals surface area contributed by atoms with Crippen LogP contribution in [-0.2, 0) is 22.6 Å². The minimum Gasteiger partial charge on any atom is -0.444 e. The second-order valence-corrected chi connectivity index (χ2v) is 8.89. The Hall–Kier alpha value is -2.52. The highest BCUT2D eigenvalue weighted by Crippen LogP contribution is 2.34. The molecule has 0 aliphatic carbocycles. The zero-order valence-electron chi connectivity index (χ0n) is 18.2. The fourth-order valence-corrected chi connectivity index (χ4v) is 3.68. The van der Waals surface area contributed by atoms with Gasteiger partial charge < -0.3 is 15.0 Å². The molecule has 158 valence electrons. The van der Waals surface area contributed by atoms with Gasteiger partial charge in [-0.25, -0.2) is 4.79 Å². The van der Waals surface area contributed by atoms with Gasteiger partial charge in [0.15, 0.2) is 0 Å². The third kappa shape index (κ3) is 5.98. The van der Waals surface area contributed by atoms with Gasteiger partial charge in [0, 0.05) is 26.1 Å². The smallest absolute Gasteiger partial charge is 0.411 e. The molecule has 6 nitrogen and oxygen atoms in total. The van der Waals surface area contributed by atoms with Gasteiger partial charge in [-0.1, -0.05) is 24.3 Å². The Balaban J connectivity index is 2.14. The summed E-state index contributed by atoms with van der Waals surface area (Å²) in [5.74, 6) is 2.37. The molecular formula is C23H33N3O3. The predicted molar refractivity (Wildman–Crippen MR) is 114 cm³/mol. The highest BCUT2D eigenvalue weighted by atomic mass is 16.6. The van der Waals surface area contributed by atoms with E-state index in [2.05, 4.69) is 28.3 Å². The lowest BCUT2D eigenvalue weighted by Gasteiger charge is -2.36. The van der Waals surface area contributed by atoms with Crippen molar-refractivity contribution in [3.05, 3.63) is 35.4 Å². The molecule has 1 aliphatic rings. The van der Waals surface area contributed by atoms with E-state index in [4.69, 9.17) is 11.2 Å². The van der Waals surface area contributed by atoms with Crippen LogP contribution >= 0.6 is 0 Å². The molecule has 1 aromatic rings. The normalized spacial score (nSPS) is 19.1. The zero-order chi connectivity index (χ0) is 21.7. The van der Waals surface area contributed by atoms with Crippen LogP contribution in [0.25, 0.3) is 0 Å². The quantitative estimate of drug-likeness (QED) is 0.747. The number of amides is 2. The van der Waals surface area contributed by atoms with Crippen LogP contribution in [-0.4, -0.2) is 53.6 Å². The molecule has 0 unspecified atom stereocenters. The number of nitrogens with one attached hydrogen (secondary N) is 1. The number of benzene rings is 1. The van der Waals surface area contributed by atoms with Crippen LogP contribution < -0.4 is 5.32 Å². The minimum atomic E-state index is -1.06. The van der Waals surface area contributed by atoms with E-state index in [0.717, 1.165) is 12.1 Å². The Morgan fingerprint density at radius 2 is 2.00 bits per heavy atom. The second-order valence-electron chi connectivity index (χ2n) is 8.89. The molecule has 29 heavy (non-hydrogen) atoms. The van der Waals surface area contributed by atoms with Crippen molar-refractivity contribution >= 4 is 12.0 Å². The molecule has 0 saturated carbocycles. The fourth-order valence-electron chi connectivity index (χ4n) is 3.68. The van der Waals surface area contributed by atoms with E-state index in [1.54, 1.807) is 0 Å². The summed E-state index contributed by atoms with van der Waals surface area (Å²) in [4.78, 5) is 29.5. The van der Waals surface area contributed by atoms with Crippen molar-refractivity contribution in [2.75, 3.05) is 20.6 Å². The van der Waals surface area contributed by atoms with Crippen molar-refractivity contribution in [2.45, 2.75) is 64.3 Å². The van der Waals surface area contributed by atoms with Crippen molar-refractivity contribution < 1.29 is 14.3 Å². The number of carbonyl (C=O) groups is 2. The van der Waals surface area contributed by atoms with E-state index in [9.17, 15) is 9.59 Å². The molecule has 1 fully saturated rings. The van der Waals surface area contributed by atoms with Crippen LogP contribution in [0.15, 0.2) is 24.3 Å². The van der Waals surface area contributed by atoms with Crippen LogP contribution in [0, 0.1) is 12.3 Å². The number of rotatable bonds is 6. The lowest BCUT2D eigenvalue weighted by Crippen LogP contribution is -2.57. The molecule has 1 saturated heterocycles. The molecule has 0 aromatic heterocycles. The van der Waals surface area contributed by atoms with Gasteiger partial charge in [0.2, 0.25) is 5.91 Å². The van der Waals surface area contributed by atoms with Gasteiger partial charge in [-0.15, -0.1) is 12.3 Å². The molecule has 6 heteroatoms. The number of hydrogen-bond donors (Lipinski definition) is 1. The topological polar surface area (TPSA) is 61.9 Å². The van der Waals surface area contributed by atoms with E-state index in [0.29, 0.717) is 25.9 Å². The molecule has 1 heterocycles. The van der Waals surface area contributed by atoms with E-state index >= 15 is 0 Å². The van der Waals surface area contributed by atoms with Crippen LogP contribution in [0.3, 0.4) is 0 Å². The summed E-state index contributed by atoms with van der Waals surface area (Å²) in [5.41, 5.74) is 0.496. The van der Waals surface area contributed by atoms with Gasteiger partial charge in [0.25, 0.3) is 0 Å². The number of likely N-dealkylation sites (tertiary alicyclic amines) is 1. The Labute approximate surface area is 174 Å². The first kappa shape index (κ1) is 22.8. The fraction of sp³-hybridized carbons (Fsp3) is 0.565.